The van der Waals surface area contributed by atoms with Crippen LogP contribution in [0.25, 0.3) is 42.6 Å². The maximum Gasteiger partial charge on any atom is 0.162 e. The molecule has 58 heavy (non-hydrogen) atoms. The summed E-state index contributed by atoms with van der Waals surface area (Å²) >= 11 is 1.96. The molecule has 0 bridgehead atoms. The predicted octanol–water partition coefficient (Wildman–Crippen LogP) is 15.7. The average molecular weight is 977 g/mol. The molecule has 6 rings (SSSR count). The zero-order chi connectivity index (χ0) is 42.2. The van der Waals surface area contributed by atoms with Gasteiger partial charge in [-0.05, 0) is 113 Å². The largest absolute Gasteiger partial charge is 0.512 e. The van der Waals surface area contributed by atoms with Gasteiger partial charge in [-0.3, -0.25) is 9.78 Å². The second-order valence-electron chi connectivity index (χ2n) is 19.7. The van der Waals surface area contributed by atoms with Gasteiger partial charge in [0.15, 0.2) is 5.78 Å². The van der Waals surface area contributed by atoms with Crippen molar-refractivity contribution in [1.29, 1.82) is 0 Å². The number of hydrogen-bond acceptors (Lipinski definition) is 4. The van der Waals surface area contributed by atoms with E-state index in [0.717, 1.165) is 49.8 Å². The molecule has 3 aromatic carbocycles. The van der Waals surface area contributed by atoms with Gasteiger partial charge in [0.2, 0.25) is 0 Å². The second kappa shape index (κ2) is 18.7. The van der Waals surface area contributed by atoms with E-state index in [1.165, 1.54) is 70.8 Å². The quantitative estimate of drug-likeness (QED) is 0.0815. The molecule has 1 radical (unpaired) electrons. The Balaban J connectivity index is 0.000000398. The van der Waals surface area contributed by atoms with Crippen LogP contribution in [0.5, 0.6) is 0 Å². The third kappa shape index (κ3) is 9.91. The number of rotatable bonds is 11. The smallest absolute Gasteiger partial charge is 0.162 e. The zero-order valence-corrected chi connectivity index (χ0v) is 41.4. The van der Waals surface area contributed by atoms with Crippen molar-refractivity contribution >= 4 is 38.0 Å². The zero-order valence-electron chi connectivity index (χ0n) is 38.2. The van der Waals surface area contributed by atoms with Crippen molar-refractivity contribution < 1.29 is 30.0 Å². The number of fused-ring (bicyclic) bond motifs is 1. The molecule has 1 aliphatic rings. The molecule has 0 amide bonds. The van der Waals surface area contributed by atoms with Gasteiger partial charge in [-0.1, -0.05) is 131 Å². The van der Waals surface area contributed by atoms with E-state index in [-0.39, 0.29) is 59.7 Å². The van der Waals surface area contributed by atoms with E-state index in [0.29, 0.717) is 5.92 Å². The van der Waals surface area contributed by atoms with E-state index in [1.54, 1.807) is 0 Å². The summed E-state index contributed by atoms with van der Waals surface area (Å²) in [7, 11) is 0. The van der Waals surface area contributed by atoms with Gasteiger partial charge >= 0.3 is 0 Å². The van der Waals surface area contributed by atoms with Crippen molar-refractivity contribution in [2.45, 2.75) is 159 Å². The average Bonchev–Trinajstić information content (AvgIpc) is 3.51. The van der Waals surface area contributed by atoms with Crippen LogP contribution in [0.3, 0.4) is 0 Å². The van der Waals surface area contributed by atoms with Crippen molar-refractivity contribution in [3.05, 3.63) is 99.9 Å². The molecule has 0 aliphatic heterocycles. The Kier molecular flexibility index (Phi) is 15.3. The molecular formula is C53H70IrNO2S-. The van der Waals surface area contributed by atoms with Crippen LogP contribution in [0.15, 0.2) is 60.5 Å². The van der Waals surface area contributed by atoms with Crippen LogP contribution >= 0.6 is 11.3 Å². The summed E-state index contributed by atoms with van der Waals surface area (Å²) in [5.74, 6) is 0.965. The minimum atomic E-state index is 0. The number of pyridine rings is 1. The Morgan fingerprint density at radius 2 is 1.50 bits per heavy atom. The summed E-state index contributed by atoms with van der Waals surface area (Å²) in [4.78, 5) is 18.4. The summed E-state index contributed by atoms with van der Waals surface area (Å²) in [6.45, 7) is 34.0. The fourth-order valence-electron chi connectivity index (χ4n) is 9.69. The third-order valence-corrected chi connectivity index (χ3v) is 13.5. The molecule has 2 heterocycles. The van der Waals surface area contributed by atoms with Gasteiger partial charge in [-0.15, -0.1) is 40.5 Å². The van der Waals surface area contributed by atoms with Crippen LogP contribution in [-0.2, 0) is 42.2 Å². The molecule has 315 valence electrons. The molecule has 5 heteroatoms. The van der Waals surface area contributed by atoms with Crippen LogP contribution in [0.2, 0.25) is 0 Å². The number of benzene rings is 3. The Morgan fingerprint density at radius 3 is 2.05 bits per heavy atom. The first-order chi connectivity index (χ1) is 26.7. The van der Waals surface area contributed by atoms with E-state index in [1.807, 2.05) is 39.0 Å². The molecule has 1 N–H and O–H groups in total. The van der Waals surface area contributed by atoms with Crippen molar-refractivity contribution in [2.75, 3.05) is 0 Å². The molecule has 0 unspecified atom stereocenters. The van der Waals surface area contributed by atoms with Gasteiger partial charge in [0, 0.05) is 59.5 Å². The van der Waals surface area contributed by atoms with E-state index in [4.69, 9.17) is 4.98 Å². The summed E-state index contributed by atoms with van der Waals surface area (Å²) < 4.78 is 1.32. The molecule has 0 saturated heterocycles. The number of aryl methyl sites for hydroxylation is 2. The Labute approximate surface area is 368 Å². The minimum absolute atomic E-state index is 0. The molecular weight excluding hydrogens is 907 g/mol. The van der Waals surface area contributed by atoms with Crippen LogP contribution in [0, 0.1) is 37.2 Å². The van der Waals surface area contributed by atoms with E-state index in [9.17, 15) is 9.90 Å². The first kappa shape index (κ1) is 47.6. The molecule has 0 spiro atoms. The molecule has 1 aliphatic carbocycles. The van der Waals surface area contributed by atoms with E-state index < -0.39 is 0 Å². The summed E-state index contributed by atoms with van der Waals surface area (Å²) in [6, 6.07) is 19.7. The third-order valence-electron chi connectivity index (χ3n) is 12.3. The molecule has 0 saturated carbocycles. The number of ketones is 1. The molecule has 3 nitrogen and oxygen atoms in total. The van der Waals surface area contributed by atoms with Gasteiger partial charge in [-0.2, -0.15) is 0 Å². The van der Waals surface area contributed by atoms with Gasteiger partial charge in [0.1, 0.15) is 0 Å². The number of allylic oxidation sites excluding steroid dienone is 2. The van der Waals surface area contributed by atoms with Crippen LogP contribution < -0.4 is 0 Å². The van der Waals surface area contributed by atoms with E-state index >= 15 is 0 Å². The molecule has 2 aromatic heterocycles. The normalized spacial score (nSPS) is 14.9. The van der Waals surface area contributed by atoms with Crippen molar-refractivity contribution in [3.63, 3.8) is 0 Å². The number of aromatic nitrogens is 1. The Bertz CT molecular complexity index is 2250. The fraction of sp³-hybridized carbons (Fsp3) is 0.509. The van der Waals surface area contributed by atoms with Gasteiger partial charge < -0.3 is 5.11 Å². The predicted molar refractivity (Wildman–Crippen MR) is 248 cm³/mol. The van der Waals surface area contributed by atoms with Gasteiger partial charge in [0.05, 0.1) is 5.76 Å². The fourth-order valence-corrected chi connectivity index (χ4v) is 11.4. The van der Waals surface area contributed by atoms with Gasteiger partial charge in [0.25, 0.3) is 0 Å². The van der Waals surface area contributed by atoms with Crippen molar-refractivity contribution in [2.24, 2.45) is 17.3 Å². The molecule has 0 atom stereocenters. The van der Waals surface area contributed by atoms with Crippen LogP contribution in [0.1, 0.15) is 161 Å². The minimum Gasteiger partial charge on any atom is -0.512 e. The SMILES string of the molecule is CCC(CC)C(=O)/C=C(\O)C(CC)CC.Cc1cc(CC(C)(C)C)cc(C)c1-c1sc2c(-c3[c-]c4ccccc4c(C(C)C)c3)ncc3c2c1C(C)(C)CC3(C)C.[Ir]. The number of nitrogens with zero attached hydrogens (tertiary/aromatic N) is 1. The Morgan fingerprint density at radius 1 is 0.914 bits per heavy atom. The maximum absolute atomic E-state index is 11.7. The number of aliphatic hydroxyl groups excluding tert-OH is 1. The van der Waals surface area contributed by atoms with Crippen molar-refractivity contribution in [3.8, 4) is 21.7 Å². The summed E-state index contributed by atoms with van der Waals surface area (Å²) in [6.07, 6.45) is 9.29. The molecule has 5 aromatic rings. The van der Waals surface area contributed by atoms with E-state index in [2.05, 4.69) is 131 Å². The second-order valence-corrected chi connectivity index (χ2v) is 20.7. The standard InChI is InChI=1S/C40H46NS.C13H24O2.Ir/c1-23(2)30-19-28(18-27-14-12-13-15-29(27)30)35-37-33-31(21-41-35)39(8,9)22-40(10,11)34(33)36(42-37)32-24(3)16-26(17-25(32)4)20-38(5,6)7;1-5-10(6-2)12(14)9-13(15)11(7-3)8-4;/h12-17,19,21,23H,20,22H2,1-11H3;9-11,14H,5-8H2,1-4H3;/q-1;;/b;12-9-;. The summed E-state index contributed by atoms with van der Waals surface area (Å²) in [5, 5.41) is 13.7. The van der Waals surface area contributed by atoms with Crippen LogP contribution in [0.4, 0.5) is 0 Å². The number of carbonyl (C=O) groups excluding carboxylic acids is 1. The van der Waals surface area contributed by atoms with Crippen molar-refractivity contribution in [1.82, 2.24) is 4.98 Å². The Hall–Kier alpha value is -3.11. The monoisotopic (exact) mass is 977 g/mol. The number of carbonyl (C=O) groups is 1. The number of thiophene rings is 1. The topological polar surface area (TPSA) is 50.2 Å². The van der Waals surface area contributed by atoms with Gasteiger partial charge in [-0.25, -0.2) is 0 Å². The summed E-state index contributed by atoms with van der Waals surface area (Å²) in [5.41, 5.74) is 12.4. The maximum atomic E-state index is 11.7. The first-order valence-electron chi connectivity index (χ1n) is 21.6. The first-order valence-corrected chi connectivity index (χ1v) is 22.5. The molecule has 0 fully saturated rings. The number of hydrogen-bond donors (Lipinski definition) is 1. The van der Waals surface area contributed by atoms with Crippen LogP contribution in [-0.4, -0.2) is 15.9 Å². The number of aliphatic hydroxyl groups is 1.